The number of nitrogens with zero attached hydrogens (tertiary/aromatic N) is 3. The largest absolute Gasteiger partial charge is 0.361 e. The molecule has 0 saturated carbocycles. The zero-order chi connectivity index (χ0) is 21.7. The smallest absolute Gasteiger partial charge is 0.240 e. The van der Waals surface area contributed by atoms with Crippen molar-refractivity contribution in [3.63, 3.8) is 0 Å². The van der Waals surface area contributed by atoms with Crippen LogP contribution in [0.25, 0.3) is 0 Å². The second-order valence-corrected chi connectivity index (χ2v) is 9.67. The number of carbonyl (C=O) groups excluding carboxylic acids is 1. The summed E-state index contributed by atoms with van der Waals surface area (Å²) < 4.78 is 2.17. The van der Waals surface area contributed by atoms with Gasteiger partial charge in [0.25, 0.3) is 0 Å². The van der Waals surface area contributed by atoms with Crippen LogP contribution in [0.3, 0.4) is 0 Å². The number of aryl methyl sites for hydroxylation is 1. The molecule has 0 spiro atoms. The number of nitrogens with one attached hydrogen (secondary N) is 1. The van der Waals surface area contributed by atoms with Crippen molar-refractivity contribution in [2.24, 2.45) is 0 Å². The van der Waals surface area contributed by atoms with Gasteiger partial charge in [-0.05, 0) is 69.9 Å². The highest BCUT2D eigenvalue weighted by Crippen LogP contribution is 2.27. The standard InChI is InChI=1S/C23H36N4OS/c1-9-21(25(3)4)23(28)26(5)22(20-15-10-17(2)24-20)16-18-11-13-19(14-12-18)27(6)29(7)8/h10-15,21-22,24H,7,9,16H2,1-6,8H3. The van der Waals surface area contributed by atoms with Crippen LogP contribution in [0.15, 0.2) is 36.4 Å². The Hall–Kier alpha value is -2.05. The summed E-state index contributed by atoms with van der Waals surface area (Å²) in [5.74, 6) is 4.26. The minimum Gasteiger partial charge on any atom is -0.361 e. The summed E-state index contributed by atoms with van der Waals surface area (Å²) in [6, 6.07) is 12.6. The van der Waals surface area contributed by atoms with Gasteiger partial charge in [-0.3, -0.25) is 9.69 Å². The van der Waals surface area contributed by atoms with Crippen LogP contribution in [0.4, 0.5) is 5.69 Å². The fourth-order valence-corrected chi connectivity index (χ4v) is 4.05. The summed E-state index contributed by atoms with van der Waals surface area (Å²) in [4.78, 5) is 20.5. The predicted octanol–water partition coefficient (Wildman–Crippen LogP) is 4.09. The van der Waals surface area contributed by atoms with E-state index in [9.17, 15) is 4.79 Å². The molecule has 1 amide bonds. The number of amides is 1. The molecule has 2 aromatic rings. The highest BCUT2D eigenvalue weighted by Gasteiger charge is 2.29. The summed E-state index contributed by atoms with van der Waals surface area (Å²) in [6.45, 7) is 4.10. The van der Waals surface area contributed by atoms with E-state index in [0.29, 0.717) is 0 Å². The fourth-order valence-electron chi connectivity index (χ4n) is 3.57. The SMILES string of the molecule is C=S(C)N(C)c1ccc(CC(c2ccc(C)[nH]2)N(C)C(=O)C(CC)N(C)C)cc1. The van der Waals surface area contributed by atoms with E-state index in [1.807, 2.05) is 37.9 Å². The Morgan fingerprint density at radius 2 is 1.72 bits per heavy atom. The molecule has 1 heterocycles. The van der Waals surface area contributed by atoms with Gasteiger partial charge in [0.1, 0.15) is 0 Å². The lowest BCUT2D eigenvalue weighted by atomic mass is 10.0. The summed E-state index contributed by atoms with van der Waals surface area (Å²) in [5.41, 5.74) is 4.54. The summed E-state index contributed by atoms with van der Waals surface area (Å²) in [6.07, 6.45) is 3.66. The first kappa shape index (κ1) is 23.2. The minimum atomic E-state index is -0.117. The first-order chi connectivity index (χ1) is 13.6. The normalized spacial score (nSPS) is 14.5. The van der Waals surface area contributed by atoms with Crippen molar-refractivity contribution in [3.8, 4) is 0 Å². The summed E-state index contributed by atoms with van der Waals surface area (Å²) >= 11 is 0. The molecule has 3 unspecified atom stereocenters. The number of rotatable bonds is 9. The number of aromatic nitrogens is 1. The zero-order valence-corrected chi connectivity index (χ0v) is 19.7. The van der Waals surface area contributed by atoms with E-state index < -0.39 is 0 Å². The van der Waals surface area contributed by atoms with E-state index >= 15 is 0 Å². The molecule has 5 nitrogen and oxygen atoms in total. The van der Waals surface area contributed by atoms with Crippen LogP contribution in [0.2, 0.25) is 0 Å². The Morgan fingerprint density at radius 3 is 2.17 bits per heavy atom. The van der Waals surface area contributed by atoms with E-state index in [1.165, 1.54) is 5.56 Å². The minimum absolute atomic E-state index is 0.0394. The highest BCUT2D eigenvalue weighted by molar-refractivity contribution is 8.14. The molecule has 0 radical (unpaired) electrons. The third-order valence-electron chi connectivity index (χ3n) is 5.52. The number of benzene rings is 1. The topological polar surface area (TPSA) is 42.6 Å². The second kappa shape index (κ2) is 10.1. The van der Waals surface area contributed by atoms with E-state index in [4.69, 9.17) is 0 Å². The van der Waals surface area contributed by atoms with Gasteiger partial charge in [-0.25, -0.2) is 0 Å². The van der Waals surface area contributed by atoms with E-state index in [2.05, 4.69) is 71.8 Å². The molecule has 1 N–H and O–H groups in total. The number of carbonyl (C=O) groups is 1. The molecule has 1 aromatic heterocycles. The van der Waals surface area contributed by atoms with Crippen molar-refractivity contribution >= 4 is 28.1 Å². The zero-order valence-electron chi connectivity index (χ0n) is 18.9. The number of H-pyrrole nitrogens is 1. The van der Waals surface area contributed by atoms with Gasteiger partial charge in [-0.15, -0.1) is 10.7 Å². The lowest BCUT2D eigenvalue weighted by molar-refractivity contribution is -0.137. The molecule has 0 bridgehead atoms. The van der Waals surface area contributed by atoms with Crippen molar-refractivity contribution < 1.29 is 4.79 Å². The van der Waals surface area contributed by atoms with Crippen LogP contribution in [0.1, 0.15) is 36.3 Å². The molecule has 0 saturated heterocycles. The molecule has 3 atom stereocenters. The van der Waals surface area contributed by atoms with Gasteiger partial charge in [-0.1, -0.05) is 24.9 Å². The molecule has 2 rings (SSSR count). The number of likely N-dealkylation sites (N-methyl/N-ethyl adjacent to an activating group) is 2. The van der Waals surface area contributed by atoms with E-state index in [-0.39, 0.29) is 28.7 Å². The van der Waals surface area contributed by atoms with Gasteiger partial charge in [0.05, 0.1) is 12.1 Å². The van der Waals surface area contributed by atoms with Crippen LogP contribution in [0.5, 0.6) is 0 Å². The molecule has 0 aliphatic heterocycles. The van der Waals surface area contributed by atoms with Crippen molar-refractivity contribution in [1.82, 2.24) is 14.8 Å². The molecule has 0 aliphatic carbocycles. The summed E-state index contributed by atoms with van der Waals surface area (Å²) in [5, 5.41) is 0. The molecular formula is C23H36N4OS. The lowest BCUT2D eigenvalue weighted by Crippen LogP contribution is -2.45. The van der Waals surface area contributed by atoms with Crippen LogP contribution in [-0.4, -0.2) is 67.0 Å². The third-order valence-corrected chi connectivity index (χ3v) is 6.67. The Morgan fingerprint density at radius 1 is 1.10 bits per heavy atom. The van der Waals surface area contributed by atoms with Crippen molar-refractivity contribution in [2.45, 2.75) is 38.8 Å². The van der Waals surface area contributed by atoms with Crippen LogP contribution in [-0.2, 0) is 11.2 Å². The predicted molar refractivity (Wildman–Crippen MR) is 128 cm³/mol. The van der Waals surface area contributed by atoms with Gasteiger partial charge in [0.15, 0.2) is 0 Å². The molecular weight excluding hydrogens is 380 g/mol. The summed E-state index contributed by atoms with van der Waals surface area (Å²) in [7, 11) is 7.85. The van der Waals surface area contributed by atoms with Gasteiger partial charge in [-0.2, -0.15) is 0 Å². The first-order valence-electron chi connectivity index (χ1n) is 10.0. The van der Waals surface area contributed by atoms with Crippen molar-refractivity contribution in [3.05, 3.63) is 53.3 Å². The van der Waals surface area contributed by atoms with Crippen LogP contribution >= 0.6 is 10.7 Å². The fraction of sp³-hybridized carbons (Fsp3) is 0.478. The first-order valence-corrected chi connectivity index (χ1v) is 11.8. The molecule has 1 aromatic carbocycles. The average molecular weight is 417 g/mol. The Balaban J connectivity index is 2.30. The van der Waals surface area contributed by atoms with Gasteiger partial charge < -0.3 is 14.2 Å². The van der Waals surface area contributed by atoms with E-state index in [0.717, 1.165) is 29.9 Å². The van der Waals surface area contributed by atoms with Crippen molar-refractivity contribution in [2.75, 3.05) is 38.8 Å². The quantitative estimate of drug-likeness (QED) is 0.626. The molecule has 0 fully saturated rings. The molecule has 29 heavy (non-hydrogen) atoms. The molecule has 160 valence electrons. The molecule has 0 aliphatic rings. The Bertz CT molecular complexity index is 828. The number of hydrogen-bond acceptors (Lipinski definition) is 3. The Labute approximate surface area is 178 Å². The molecule has 6 heteroatoms. The highest BCUT2D eigenvalue weighted by atomic mass is 32.2. The van der Waals surface area contributed by atoms with Gasteiger partial charge in [0, 0.05) is 31.2 Å². The number of anilines is 1. The Kier molecular flexibility index (Phi) is 8.11. The maximum Gasteiger partial charge on any atom is 0.240 e. The van der Waals surface area contributed by atoms with Crippen LogP contribution < -0.4 is 4.31 Å². The average Bonchev–Trinajstić information content (AvgIpc) is 3.11. The monoisotopic (exact) mass is 416 g/mol. The number of aromatic amines is 1. The second-order valence-electron chi connectivity index (χ2n) is 7.92. The van der Waals surface area contributed by atoms with Crippen molar-refractivity contribution in [1.29, 1.82) is 0 Å². The maximum absolute atomic E-state index is 13.2. The maximum atomic E-state index is 13.2. The van der Waals surface area contributed by atoms with Gasteiger partial charge in [0.2, 0.25) is 5.91 Å². The van der Waals surface area contributed by atoms with E-state index in [1.54, 1.807) is 0 Å². The van der Waals surface area contributed by atoms with Crippen LogP contribution in [0, 0.1) is 6.92 Å². The van der Waals surface area contributed by atoms with Gasteiger partial charge >= 0.3 is 0 Å². The lowest BCUT2D eigenvalue weighted by Gasteiger charge is -2.33. The third kappa shape index (κ3) is 5.73. The number of hydrogen-bond donors (Lipinski definition) is 1.